The number of nitrogens with zero attached hydrogens (tertiary/aromatic N) is 1. The van der Waals surface area contributed by atoms with Crippen molar-refractivity contribution in [1.82, 2.24) is 10.2 Å². The van der Waals surface area contributed by atoms with Gasteiger partial charge in [0.25, 0.3) is 5.91 Å². The number of imide groups is 1. The lowest BCUT2D eigenvalue weighted by Gasteiger charge is -2.38. The molecule has 0 aliphatic carbocycles. The monoisotopic (exact) mass is 342 g/mol. The number of carbonyl (C=O) groups excluding carboxylic acids is 3. The normalized spacial score (nSPS) is 23.9. The van der Waals surface area contributed by atoms with Crippen molar-refractivity contribution in [2.75, 3.05) is 6.54 Å². The molecule has 3 rings (SSSR count). The average Bonchev–Trinajstić information content (AvgIpc) is 2.92. The summed E-state index contributed by atoms with van der Waals surface area (Å²) in [7, 11) is 0. The highest BCUT2D eigenvalue weighted by Gasteiger charge is 2.31. The van der Waals surface area contributed by atoms with Crippen LogP contribution < -0.4 is 5.32 Å². The van der Waals surface area contributed by atoms with Gasteiger partial charge < -0.3 is 4.90 Å². The zero-order chi connectivity index (χ0) is 18.0. The van der Waals surface area contributed by atoms with Crippen molar-refractivity contribution < 1.29 is 14.4 Å². The number of amides is 3. The molecule has 2 heterocycles. The zero-order valence-corrected chi connectivity index (χ0v) is 15.0. The molecule has 2 atom stereocenters. The largest absolute Gasteiger partial charge is 0.335 e. The molecule has 2 aliphatic rings. The minimum absolute atomic E-state index is 0.0961. The highest BCUT2D eigenvalue weighted by atomic mass is 16.2. The first-order chi connectivity index (χ1) is 12.0. The molecule has 1 aromatic carbocycles. The van der Waals surface area contributed by atoms with Crippen LogP contribution >= 0.6 is 0 Å². The number of benzene rings is 1. The number of piperidine rings is 1. The van der Waals surface area contributed by atoms with Gasteiger partial charge in [-0.25, -0.2) is 0 Å². The molecule has 5 nitrogen and oxygen atoms in total. The van der Waals surface area contributed by atoms with E-state index in [0.29, 0.717) is 23.9 Å². The number of hydrogen-bond acceptors (Lipinski definition) is 3. The lowest BCUT2D eigenvalue weighted by Crippen LogP contribution is -2.46. The Kier molecular flexibility index (Phi) is 5.21. The summed E-state index contributed by atoms with van der Waals surface area (Å²) in [6.45, 7) is 5.17. The Bertz CT molecular complexity index is 666. The Balaban J connectivity index is 1.68. The van der Waals surface area contributed by atoms with Gasteiger partial charge in [0.1, 0.15) is 0 Å². The number of rotatable bonds is 4. The number of hydrogen-bond donors (Lipinski definition) is 1. The second kappa shape index (κ2) is 7.38. The van der Waals surface area contributed by atoms with Crippen molar-refractivity contribution in [3.63, 3.8) is 0 Å². The fourth-order valence-corrected chi connectivity index (χ4v) is 3.91. The lowest BCUT2D eigenvalue weighted by atomic mass is 9.92. The summed E-state index contributed by atoms with van der Waals surface area (Å²) < 4.78 is 0. The van der Waals surface area contributed by atoms with Gasteiger partial charge in [0.05, 0.1) is 5.92 Å². The number of likely N-dealkylation sites (tertiary alicyclic amines) is 1. The molecular weight excluding hydrogens is 316 g/mol. The average molecular weight is 342 g/mol. The van der Waals surface area contributed by atoms with E-state index in [4.69, 9.17) is 0 Å². The van der Waals surface area contributed by atoms with Gasteiger partial charge in [-0.3, -0.25) is 19.7 Å². The van der Waals surface area contributed by atoms with Gasteiger partial charge in [-0.2, -0.15) is 0 Å². The van der Waals surface area contributed by atoms with E-state index in [1.54, 1.807) is 0 Å². The number of nitrogens with one attached hydrogen (secondary N) is 1. The molecule has 0 aromatic heterocycles. The second-order valence-electron chi connectivity index (χ2n) is 7.52. The zero-order valence-electron chi connectivity index (χ0n) is 15.0. The first-order valence-electron chi connectivity index (χ1n) is 9.19. The minimum atomic E-state index is -0.290. The Morgan fingerprint density at radius 2 is 1.92 bits per heavy atom. The Morgan fingerprint density at radius 1 is 1.20 bits per heavy atom. The third kappa shape index (κ3) is 3.91. The van der Waals surface area contributed by atoms with Gasteiger partial charge in [-0.1, -0.05) is 26.0 Å². The molecule has 2 aliphatic heterocycles. The molecule has 1 N–H and O–H groups in total. The van der Waals surface area contributed by atoms with E-state index < -0.39 is 0 Å². The van der Waals surface area contributed by atoms with E-state index in [0.717, 1.165) is 24.9 Å². The molecule has 2 saturated heterocycles. The molecule has 0 saturated carbocycles. The molecule has 5 heteroatoms. The summed E-state index contributed by atoms with van der Waals surface area (Å²) in [6.07, 6.45) is 4.12. The molecule has 1 aromatic rings. The van der Waals surface area contributed by atoms with Crippen LogP contribution in [0.1, 0.15) is 55.5 Å². The van der Waals surface area contributed by atoms with E-state index in [1.165, 1.54) is 6.42 Å². The highest BCUT2D eigenvalue weighted by molar-refractivity contribution is 6.03. The van der Waals surface area contributed by atoms with Gasteiger partial charge >= 0.3 is 0 Å². The molecule has 0 spiro atoms. The van der Waals surface area contributed by atoms with Gasteiger partial charge in [0.2, 0.25) is 11.8 Å². The van der Waals surface area contributed by atoms with Gasteiger partial charge in [-0.15, -0.1) is 0 Å². The van der Waals surface area contributed by atoms with Gasteiger partial charge in [0.15, 0.2) is 0 Å². The Hall–Kier alpha value is -2.17. The van der Waals surface area contributed by atoms with Crippen molar-refractivity contribution in [3.8, 4) is 0 Å². The second-order valence-corrected chi connectivity index (χ2v) is 7.52. The van der Waals surface area contributed by atoms with Crippen LogP contribution in [-0.2, 0) is 16.0 Å². The molecule has 25 heavy (non-hydrogen) atoms. The molecule has 0 bridgehead atoms. The maximum Gasteiger partial charge on any atom is 0.254 e. The van der Waals surface area contributed by atoms with Crippen LogP contribution in [0, 0.1) is 11.8 Å². The summed E-state index contributed by atoms with van der Waals surface area (Å²) in [5.74, 6) is -0.132. The van der Waals surface area contributed by atoms with Crippen LogP contribution in [0.15, 0.2) is 24.3 Å². The molecule has 2 fully saturated rings. The van der Waals surface area contributed by atoms with Gasteiger partial charge in [0, 0.05) is 24.6 Å². The minimum Gasteiger partial charge on any atom is -0.335 e. The van der Waals surface area contributed by atoms with Crippen molar-refractivity contribution in [3.05, 3.63) is 35.4 Å². The fourth-order valence-electron chi connectivity index (χ4n) is 3.91. The highest BCUT2D eigenvalue weighted by Crippen LogP contribution is 2.25. The predicted octanol–water partition coefficient (Wildman–Crippen LogP) is 2.54. The first kappa shape index (κ1) is 17.6. The van der Waals surface area contributed by atoms with Crippen LogP contribution in [0.4, 0.5) is 0 Å². The molecule has 3 amide bonds. The van der Waals surface area contributed by atoms with Crippen molar-refractivity contribution in [2.24, 2.45) is 11.8 Å². The van der Waals surface area contributed by atoms with Crippen LogP contribution in [0.5, 0.6) is 0 Å². The summed E-state index contributed by atoms with van der Waals surface area (Å²) in [5, 5.41) is 2.34. The molecule has 134 valence electrons. The van der Waals surface area contributed by atoms with E-state index in [1.807, 2.05) is 29.2 Å². The number of carbonyl (C=O) groups is 3. The summed E-state index contributed by atoms with van der Waals surface area (Å²) in [4.78, 5) is 37.9. The van der Waals surface area contributed by atoms with E-state index >= 15 is 0 Å². The lowest BCUT2D eigenvalue weighted by molar-refractivity contribution is -0.125. The maximum absolute atomic E-state index is 12.9. The quantitative estimate of drug-likeness (QED) is 0.855. The van der Waals surface area contributed by atoms with Crippen LogP contribution in [0.2, 0.25) is 0 Å². The van der Waals surface area contributed by atoms with E-state index in [-0.39, 0.29) is 30.1 Å². The van der Waals surface area contributed by atoms with Crippen LogP contribution in [-0.4, -0.2) is 35.2 Å². The standard InChI is InChI=1S/C20H26N2O3/c1-13(2)17-5-3-4-10-22(17)20(25)15-8-6-14(7-9-15)11-16-12-18(23)21-19(16)24/h6-9,13,16-17H,3-5,10-12H2,1-2H3,(H,21,23,24)/t16-,17-/m1/s1. The van der Waals surface area contributed by atoms with E-state index in [2.05, 4.69) is 19.2 Å². The van der Waals surface area contributed by atoms with Crippen molar-refractivity contribution in [1.29, 1.82) is 0 Å². The predicted molar refractivity (Wildman–Crippen MR) is 94.9 cm³/mol. The summed E-state index contributed by atoms with van der Waals surface area (Å²) >= 11 is 0. The summed E-state index contributed by atoms with van der Waals surface area (Å²) in [6, 6.07) is 7.81. The first-order valence-corrected chi connectivity index (χ1v) is 9.19. The van der Waals surface area contributed by atoms with Crippen LogP contribution in [0.25, 0.3) is 0 Å². The summed E-state index contributed by atoms with van der Waals surface area (Å²) in [5.41, 5.74) is 1.67. The third-order valence-corrected chi connectivity index (χ3v) is 5.33. The molecule has 0 unspecified atom stereocenters. The molecule has 0 radical (unpaired) electrons. The third-order valence-electron chi connectivity index (χ3n) is 5.33. The molecular formula is C20H26N2O3. The van der Waals surface area contributed by atoms with Crippen molar-refractivity contribution in [2.45, 2.75) is 52.0 Å². The van der Waals surface area contributed by atoms with Gasteiger partial charge in [-0.05, 0) is 49.3 Å². The fraction of sp³-hybridized carbons (Fsp3) is 0.550. The topological polar surface area (TPSA) is 66.5 Å². The van der Waals surface area contributed by atoms with E-state index in [9.17, 15) is 14.4 Å². The van der Waals surface area contributed by atoms with Crippen molar-refractivity contribution >= 4 is 17.7 Å². The maximum atomic E-state index is 12.9. The Labute approximate surface area is 148 Å². The smallest absolute Gasteiger partial charge is 0.254 e. The Morgan fingerprint density at radius 3 is 2.52 bits per heavy atom. The SMILES string of the molecule is CC(C)[C@H]1CCCCN1C(=O)c1ccc(C[C@@H]2CC(=O)NC2=O)cc1. The van der Waals surface area contributed by atoms with Crippen LogP contribution in [0.3, 0.4) is 0 Å².